The van der Waals surface area contributed by atoms with Gasteiger partial charge in [0.15, 0.2) is 5.78 Å². The highest BCUT2D eigenvalue weighted by atomic mass is 16.4. The summed E-state index contributed by atoms with van der Waals surface area (Å²) in [5.74, 6) is -1.41. The van der Waals surface area contributed by atoms with Crippen molar-refractivity contribution in [2.45, 2.75) is 39.0 Å². The van der Waals surface area contributed by atoms with E-state index in [4.69, 9.17) is 0 Å². The molecular weight excluding hydrogens is 240 g/mol. The Kier molecular flexibility index (Phi) is 4.03. The van der Waals surface area contributed by atoms with E-state index in [1.54, 1.807) is 0 Å². The van der Waals surface area contributed by atoms with Crippen LogP contribution in [0.15, 0.2) is 24.3 Å². The molecule has 1 aliphatic rings. The molecule has 0 heterocycles. The Morgan fingerprint density at radius 1 is 1.16 bits per heavy atom. The first-order valence-electron chi connectivity index (χ1n) is 6.88. The summed E-state index contributed by atoms with van der Waals surface area (Å²) in [6, 6.07) is 7.57. The van der Waals surface area contributed by atoms with Gasteiger partial charge in [-0.3, -0.25) is 9.59 Å². The van der Waals surface area contributed by atoms with Crippen molar-refractivity contribution >= 4 is 11.8 Å². The molecule has 19 heavy (non-hydrogen) atoms. The predicted octanol–water partition coefficient (Wildman–Crippen LogP) is 3.49. The fourth-order valence-electron chi connectivity index (χ4n) is 2.99. The number of ketones is 1. The van der Waals surface area contributed by atoms with Crippen molar-refractivity contribution in [3.05, 3.63) is 35.4 Å². The Bertz CT molecular complexity index is 491. The van der Waals surface area contributed by atoms with Crippen LogP contribution >= 0.6 is 0 Å². The van der Waals surface area contributed by atoms with Crippen molar-refractivity contribution in [3.8, 4) is 0 Å². The van der Waals surface area contributed by atoms with Gasteiger partial charge in [0.2, 0.25) is 0 Å². The molecule has 0 spiro atoms. The highest BCUT2D eigenvalue weighted by Gasteiger charge is 2.38. The zero-order valence-electron chi connectivity index (χ0n) is 11.4. The monoisotopic (exact) mass is 260 g/mol. The van der Waals surface area contributed by atoms with Gasteiger partial charge < -0.3 is 5.11 Å². The van der Waals surface area contributed by atoms with Gasteiger partial charge in [-0.25, -0.2) is 0 Å². The molecule has 0 saturated heterocycles. The van der Waals surface area contributed by atoms with E-state index in [0.29, 0.717) is 18.4 Å². The lowest BCUT2D eigenvalue weighted by Gasteiger charge is -2.18. The number of rotatable bonds is 4. The predicted molar refractivity (Wildman–Crippen MR) is 73.3 cm³/mol. The van der Waals surface area contributed by atoms with Gasteiger partial charge in [0.05, 0.1) is 5.92 Å². The van der Waals surface area contributed by atoms with Crippen LogP contribution in [0.5, 0.6) is 0 Å². The molecule has 2 atom stereocenters. The van der Waals surface area contributed by atoms with Gasteiger partial charge in [-0.05, 0) is 24.3 Å². The lowest BCUT2D eigenvalue weighted by Crippen LogP contribution is -2.26. The standard InChI is InChI=1S/C16H20O3/c1-10(2)11-6-3-4-7-12(11)15(17)13-8-5-9-14(13)16(18)19/h3-4,6-7,10,13-14H,5,8-9H2,1-2H3,(H,18,19). The fourth-order valence-corrected chi connectivity index (χ4v) is 2.99. The smallest absolute Gasteiger partial charge is 0.307 e. The van der Waals surface area contributed by atoms with E-state index >= 15 is 0 Å². The Morgan fingerprint density at radius 3 is 2.42 bits per heavy atom. The number of carboxylic acid groups (broad SMARTS) is 1. The number of carbonyl (C=O) groups is 2. The summed E-state index contributed by atoms with van der Waals surface area (Å²) < 4.78 is 0. The molecule has 102 valence electrons. The topological polar surface area (TPSA) is 54.4 Å². The Balaban J connectivity index is 2.32. The van der Waals surface area contributed by atoms with Crippen molar-refractivity contribution in [3.63, 3.8) is 0 Å². The zero-order chi connectivity index (χ0) is 14.0. The van der Waals surface area contributed by atoms with E-state index in [2.05, 4.69) is 13.8 Å². The molecule has 1 fully saturated rings. The van der Waals surface area contributed by atoms with Crippen molar-refractivity contribution in [2.24, 2.45) is 11.8 Å². The molecule has 1 aliphatic carbocycles. The molecule has 0 aliphatic heterocycles. The molecule has 0 aromatic heterocycles. The van der Waals surface area contributed by atoms with Crippen molar-refractivity contribution in [1.82, 2.24) is 0 Å². The molecule has 0 radical (unpaired) electrons. The van der Waals surface area contributed by atoms with Crippen LogP contribution in [0.1, 0.15) is 54.9 Å². The van der Waals surface area contributed by atoms with Gasteiger partial charge in [-0.15, -0.1) is 0 Å². The Labute approximate surface area is 113 Å². The third-order valence-electron chi connectivity index (χ3n) is 4.02. The summed E-state index contributed by atoms with van der Waals surface area (Å²) in [7, 11) is 0. The minimum Gasteiger partial charge on any atom is -0.481 e. The van der Waals surface area contributed by atoms with Crippen molar-refractivity contribution < 1.29 is 14.7 Å². The minimum atomic E-state index is -0.835. The van der Waals surface area contributed by atoms with Gasteiger partial charge in [-0.1, -0.05) is 44.5 Å². The molecule has 3 heteroatoms. The lowest BCUT2D eigenvalue weighted by molar-refractivity contribution is -0.142. The van der Waals surface area contributed by atoms with Crippen LogP contribution < -0.4 is 0 Å². The fraction of sp³-hybridized carbons (Fsp3) is 0.500. The third-order valence-corrected chi connectivity index (χ3v) is 4.02. The summed E-state index contributed by atoms with van der Waals surface area (Å²) in [6.45, 7) is 4.10. The van der Waals surface area contributed by atoms with Crippen molar-refractivity contribution in [2.75, 3.05) is 0 Å². The number of aliphatic carboxylic acids is 1. The normalized spacial score (nSPS) is 22.7. The minimum absolute atomic E-state index is 0.00852. The first kappa shape index (κ1) is 13.8. The van der Waals surface area contributed by atoms with Crippen LogP contribution in [-0.4, -0.2) is 16.9 Å². The van der Waals surface area contributed by atoms with E-state index < -0.39 is 11.9 Å². The van der Waals surface area contributed by atoms with Gasteiger partial charge in [-0.2, -0.15) is 0 Å². The molecule has 1 N–H and O–H groups in total. The molecule has 2 unspecified atom stereocenters. The van der Waals surface area contributed by atoms with E-state index in [9.17, 15) is 14.7 Å². The van der Waals surface area contributed by atoms with E-state index in [1.807, 2.05) is 24.3 Å². The molecule has 3 nitrogen and oxygen atoms in total. The molecular formula is C16H20O3. The molecule has 0 bridgehead atoms. The average molecular weight is 260 g/mol. The van der Waals surface area contributed by atoms with E-state index in [0.717, 1.165) is 12.0 Å². The van der Waals surface area contributed by atoms with Crippen LogP contribution in [0.4, 0.5) is 0 Å². The second-order valence-corrected chi connectivity index (χ2v) is 5.59. The molecule has 1 aromatic rings. The van der Waals surface area contributed by atoms with Crippen molar-refractivity contribution in [1.29, 1.82) is 0 Å². The highest BCUT2D eigenvalue weighted by Crippen LogP contribution is 2.35. The van der Waals surface area contributed by atoms with Crippen LogP contribution in [0, 0.1) is 11.8 Å². The molecule has 1 aromatic carbocycles. The summed E-state index contributed by atoms with van der Waals surface area (Å²) >= 11 is 0. The molecule has 1 saturated carbocycles. The van der Waals surface area contributed by atoms with Crippen LogP contribution in [0.25, 0.3) is 0 Å². The number of carboxylic acids is 1. The lowest BCUT2D eigenvalue weighted by atomic mass is 9.84. The number of benzene rings is 1. The maximum Gasteiger partial charge on any atom is 0.307 e. The summed E-state index contributed by atoms with van der Waals surface area (Å²) in [4.78, 5) is 23.8. The summed E-state index contributed by atoms with van der Waals surface area (Å²) in [5, 5.41) is 9.21. The van der Waals surface area contributed by atoms with E-state index in [-0.39, 0.29) is 17.6 Å². The van der Waals surface area contributed by atoms with Crippen LogP contribution in [0.2, 0.25) is 0 Å². The van der Waals surface area contributed by atoms with E-state index in [1.165, 1.54) is 0 Å². The van der Waals surface area contributed by atoms with Crippen LogP contribution in [-0.2, 0) is 4.79 Å². The average Bonchev–Trinajstić information content (AvgIpc) is 2.87. The van der Waals surface area contributed by atoms with Gasteiger partial charge in [0.25, 0.3) is 0 Å². The zero-order valence-corrected chi connectivity index (χ0v) is 11.4. The third kappa shape index (κ3) is 2.70. The number of hydrogen-bond donors (Lipinski definition) is 1. The van der Waals surface area contributed by atoms with Gasteiger partial charge in [0, 0.05) is 11.5 Å². The number of carbonyl (C=O) groups excluding carboxylic acids is 1. The molecule has 0 amide bonds. The highest BCUT2D eigenvalue weighted by molar-refractivity contribution is 6.01. The summed E-state index contributed by atoms with van der Waals surface area (Å²) in [6.07, 6.45) is 2.15. The maximum atomic E-state index is 12.6. The second-order valence-electron chi connectivity index (χ2n) is 5.59. The second kappa shape index (κ2) is 5.55. The molecule has 2 rings (SSSR count). The first-order valence-corrected chi connectivity index (χ1v) is 6.88. The Hall–Kier alpha value is -1.64. The first-order chi connectivity index (χ1) is 9.02. The SMILES string of the molecule is CC(C)c1ccccc1C(=O)C1CCCC1C(=O)O. The maximum absolute atomic E-state index is 12.6. The summed E-state index contributed by atoms with van der Waals surface area (Å²) in [5.41, 5.74) is 1.72. The van der Waals surface area contributed by atoms with Crippen LogP contribution in [0.3, 0.4) is 0 Å². The number of Topliss-reactive ketones (excluding diaryl/α,β-unsaturated/α-hetero) is 1. The number of hydrogen-bond acceptors (Lipinski definition) is 2. The largest absolute Gasteiger partial charge is 0.481 e. The quantitative estimate of drug-likeness (QED) is 0.843. The Morgan fingerprint density at radius 2 is 1.79 bits per heavy atom. The van der Waals surface area contributed by atoms with Gasteiger partial charge >= 0.3 is 5.97 Å². The van der Waals surface area contributed by atoms with Gasteiger partial charge in [0.1, 0.15) is 0 Å².